The molecule has 0 spiro atoms. The summed E-state index contributed by atoms with van der Waals surface area (Å²) in [5, 5.41) is 2.73. The Morgan fingerprint density at radius 1 is 1.14 bits per heavy atom. The predicted molar refractivity (Wildman–Crippen MR) is 108 cm³/mol. The van der Waals surface area contributed by atoms with Crippen molar-refractivity contribution in [2.45, 2.75) is 37.3 Å². The highest BCUT2D eigenvalue weighted by atomic mass is 79.9. The number of para-hydroxylation sites is 1. The summed E-state index contributed by atoms with van der Waals surface area (Å²) in [6, 6.07) is 11.8. The normalized spacial score (nSPS) is 12.6. The number of nitrogens with one attached hydrogen (secondary N) is 2. The van der Waals surface area contributed by atoms with Crippen LogP contribution in [0.3, 0.4) is 0 Å². The molecule has 2 aromatic rings. The van der Waals surface area contributed by atoms with E-state index in [9.17, 15) is 22.0 Å². The topological polar surface area (TPSA) is 84.5 Å². The summed E-state index contributed by atoms with van der Waals surface area (Å²) in [6.07, 6.45) is 0.337. The summed E-state index contributed by atoms with van der Waals surface area (Å²) in [6.45, 7) is -1.28. The molecule has 158 valence electrons. The number of hydrogen-bond acceptors (Lipinski definition) is 4. The number of carbonyl (C=O) groups excluding carboxylic acids is 1. The Kier molecular flexibility index (Phi) is 8.54. The van der Waals surface area contributed by atoms with E-state index in [1.807, 2.05) is 0 Å². The van der Waals surface area contributed by atoms with Gasteiger partial charge < -0.3 is 10.1 Å². The van der Waals surface area contributed by atoms with E-state index in [-0.39, 0.29) is 23.6 Å². The molecule has 0 radical (unpaired) electrons. The average molecular weight is 491 g/mol. The first kappa shape index (κ1) is 23.2. The summed E-state index contributed by atoms with van der Waals surface area (Å²) in [4.78, 5) is 12.3. The first-order valence-electron chi connectivity index (χ1n) is 8.81. The first-order valence-corrected chi connectivity index (χ1v) is 11.1. The van der Waals surface area contributed by atoms with Crippen molar-refractivity contribution in [3.8, 4) is 5.75 Å². The molecule has 6 nitrogen and oxygen atoms in total. The molecule has 1 unspecified atom stereocenters. The van der Waals surface area contributed by atoms with Crippen molar-refractivity contribution in [2.75, 3.05) is 6.54 Å². The summed E-state index contributed by atoms with van der Waals surface area (Å²) in [7, 11) is -3.73. The van der Waals surface area contributed by atoms with Gasteiger partial charge in [0, 0.05) is 23.0 Å². The lowest BCUT2D eigenvalue weighted by Crippen LogP contribution is -2.33. The molecule has 0 fully saturated rings. The monoisotopic (exact) mass is 490 g/mol. The van der Waals surface area contributed by atoms with Crippen molar-refractivity contribution in [3.05, 3.63) is 58.6 Å². The van der Waals surface area contributed by atoms with Gasteiger partial charge in [-0.25, -0.2) is 13.1 Å². The second-order valence-corrected chi connectivity index (χ2v) is 8.73. The van der Waals surface area contributed by atoms with Crippen molar-refractivity contribution >= 4 is 31.9 Å². The highest BCUT2D eigenvalue weighted by molar-refractivity contribution is 9.10. The van der Waals surface area contributed by atoms with Crippen LogP contribution in [0.15, 0.2) is 57.9 Å². The molecule has 1 atom stereocenters. The van der Waals surface area contributed by atoms with Gasteiger partial charge in [-0.05, 0) is 36.8 Å². The van der Waals surface area contributed by atoms with Gasteiger partial charge in [0.05, 0.1) is 10.9 Å². The predicted octanol–water partition coefficient (Wildman–Crippen LogP) is 3.99. The standard InChI is InChI=1S/C19H21BrF2N2O4S/c1-2-16(15-5-3-4-6-17(15)28-19(21)22)24-18(25)11-12-23-29(26,27)14-9-7-13(20)8-10-14/h3-10,16,19,23H,2,11-12H2,1H3,(H,24,25). The Morgan fingerprint density at radius 3 is 2.41 bits per heavy atom. The van der Waals surface area contributed by atoms with E-state index in [0.29, 0.717) is 12.0 Å². The van der Waals surface area contributed by atoms with Crippen LogP contribution in [0.2, 0.25) is 0 Å². The molecular formula is C19H21BrF2N2O4S. The fourth-order valence-corrected chi connectivity index (χ4v) is 3.93. The zero-order valence-corrected chi connectivity index (χ0v) is 18.0. The van der Waals surface area contributed by atoms with E-state index in [2.05, 4.69) is 30.7 Å². The molecule has 0 saturated heterocycles. The Balaban J connectivity index is 1.95. The number of rotatable bonds is 10. The number of alkyl halides is 2. The van der Waals surface area contributed by atoms with Gasteiger partial charge in [-0.2, -0.15) is 8.78 Å². The summed E-state index contributed by atoms with van der Waals surface area (Å²) in [5.41, 5.74) is 0.430. The molecule has 0 heterocycles. The summed E-state index contributed by atoms with van der Waals surface area (Å²) < 4.78 is 57.3. The maximum Gasteiger partial charge on any atom is 0.387 e. The maximum absolute atomic E-state index is 12.6. The van der Waals surface area contributed by atoms with Gasteiger partial charge in [-0.1, -0.05) is 41.1 Å². The fraction of sp³-hybridized carbons (Fsp3) is 0.316. The quantitative estimate of drug-likeness (QED) is 0.527. The summed E-state index contributed by atoms with van der Waals surface area (Å²) >= 11 is 3.23. The molecular weight excluding hydrogens is 470 g/mol. The Morgan fingerprint density at radius 2 is 1.79 bits per heavy atom. The minimum Gasteiger partial charge on any atom is -0.434 e. The van der Waals surface area contributed by atoms with Crippen LogP contribution in [0.4, 0.5) is 8.78 Å². The molecule has 29 heavy (non-hydrogen) atoms. The van der Waals surface area contributed by atoms with Crippen molar-refractivity contribution in [2.24, 2.45) is 0 Å². The molecule has 0 aliphatic rings. The lowest BCUT2D eigenvalue weighted by atomic mass is 10.0. The lowest BCUT2D eigenvalue weighted by Gasteiger charge is -2.20. The molecule has 1 amide bonds. The Bertz CT molecular complexity index is 924. The van der Waals surface area contributed by atoms with E-state index in [4.69, 9.17) is 0 Å². The highest BCUT2D eigenvalue weighted by Crippen LogP contribution is 2.28. The lowest BCUT2D eigenvalue weighted by molar-refractivity contribution is -0.121. The molecule has 0 saturated carbocycles. The van der Waals surface area contributed by atoms with Crippen LogP contribution in [0.5, 0.6) is 5.75 Å². The van der Waals surface area contributed by atoms with E-state index < -0.39 is 28.6 Å². The maximum atomic E-state index is 12.6. The Labute approximate surface area is 176 Å². The van der Waals surface area contributed by atoms with Crippen molar-refractivity contribution in [1.82, 2.24) is 10.0 Å². The molecule has 0 aliphatic heterocycles. The number of benzene rings is 2. The van der Waals surface area contributed by atoms with Gasteiger partial charge in [0.25, 0.3) is 0 Å². The first-order chi connectivity index (χ1) is 13.7. The van der Waals surface area contributed by atoms with Gasteiger partial charge in [-0.3, -0.25) is 4.79 Å². The second kappa shape index (κ2) is 10.7. The zero-order chi connectivity index (χ0) is 21.4. The number of hydrogen-bond donors (Lipinski definition) is 2. The third-order valence-electron chi connectivity index (χ3n) is 4.02. The van der Waals surface area contributed by atoms with E-state index >= 15 is 0 Å². The van der Waals surface area contributed by atoms with Crippen LogP contribution in [0.1, 0.15) is 31.4 Å². The number of carbonyl (C=O) groups is 1. The molecule has 0 bridgehead atoms. The molecule has 2 rings (SSSR count). The van der Waals surface area contributed by atoms with Crippen molar-refractivity contribution in [1.29, 1.82) is 0 Å². The third-order valence-corrected chi connectivity index (χ3v) is 6.03. The number of ether oxygens (including phenoxy) is 1. The number of halogens is 3. The van der Waals surface area contributed by atoms with Crippen LogP contribution in [-0.4, -0.2) is 27.5 Å². The number of sulfonamides is 1. The van der Waals surface area contributed by atoms with E-state index in [1.54, 1.807) is 37.3 Å². The van der Waals surface area contributed by atoms with Gasteiger partial charge >= 0.3 is 6.61 Å². The van der Waals surface area contributed by atoms with Crippen LogP contribution < -0.4 is 14.8 Å². The van der Waals surface area contributed by atoms with Crippen LogP contribution in [-0.2, 0) is 14.8 Å². The SMILES string of the molecule is CCC(NC(=O)CCNS(=O)(=O)c1ccc(Br)cc1)c1ccccc1OC(F)F. The van der Waals surface area contributed by atoms with Gasteiger partial charge in [0.2, 0.25) is 15.9 Å². The van der Waals surface area contributed by atoms with Crippen molar-refractivity contribution < 1.29 is 26.7 Å². The average Bonchev–Trinajstić information content (AvgIpc) is 2.66. The molecule has 0 aliphatic carbocycles. The molecule has 2 aromatic carbocycles. The molecule has 10 heteroatoms. The number of amides is 1. The van der Waals surface area contributed by atoms with E-state index in [1.165, 1.54) is 18.2 Å². The second-order valence-electron chi connectivity index (χ2n) is 6.05. The molecule has 0 aromatic heterocycles. The van der Waals surface area contributed by atoms with Gasteiger partial charge in [0.15, 0.2) is 0 Å². The van der Waals surface area contributed by atoms with E-state index in [0.717, 1.165) is 4.47 Å². The minimum absolute atomic E-state index is 0.00871. The summed E-state index contributed by atoms with van der Waals surface area (Å²) in [5.74, 6) is -0.423. The highest BCUT2D eigenvalue weighted by Gasteiger charge is 2.19. The smallest absolute Gasteiger partial charge is 0.387 e. The van der Waals surface area contributed by atoms with Gasteiger partial charge in [-0.15, -0.1) is 0 Å². The van der Waals surface area contributed by atoms with Gasteiger partial charge in [0.1, 0.15) is 5.75 Å². The molecule has 2 N–H and O–H groups in total. The zero-order valence-electron chi connectivity index (χ0n) is 15.6. The third kappa shape index (κ3) is 7.06. The fourth-order valence-electron chi connectivity index (χ4n) is 2.63. The van der Waals surface area contributed by atoms with Crippen molar-refractivity contribution in [3.63, 3.8) is 0 Å². The largest absolute Gasteiger partial charge is 0.434 e. The Hall–Kier alpha value is -2.04. The van der Waals surface area contributed by atoms with Crippen LogP contribution >= 0.6 is 15.9 Å². The van der Waals surface area contributed by atoms with Crippen LogP contribution in [0, 0.1) is 0 Å². The minimum atomic E-state index is -3.73. The van der Waals surface area contributed by atoms with Crippen LogP contribution in [0.25, 0.3) is 0 Å².